The number of aryl methyl sites for hydroxylation is 1. The number of halogens is 3. The molecule has 0 aliphatic heterocycles. The quantitative estimate of drug-likeness (QED) is 0.885. The monoisotopic (exact) mass is 336 g/mol. The lowest BCUT2D eigenvalue weighted by Crippen LogP contribution is -2.14. The second kappa shape index (κ2) is 5.70. The Morgan fingerprint density at radius 3 is 2.78 bits per heavy atom. The van der Waals surface area contributed by atoms with E-state index in [9.17, 15) is 23.2 Å². The number of thiophene rings is 1. The first-order chi connectivity index (χ1) is 10.9. The smallest absolute Gasteiger partial charge is 0.312 e. The van der Waals surface area contributed by atoms with E-state index in [1.165, 1.54) is 23.5 Å². The first kappa shape index (κ1) is 15.6. The number of anilines is 1. The van der Waals surface area contributed by atoms with Gasteiger partial charge in [0.15, 0.2) is 0 Å². The highest BCUT2D eigenvalue weighted by molar-refractivity contribution is 7.16. The van der Waals surface area contributed by atoms with E-state index in [2.05, 4.69) is 11.4 Å². The molecule has 0 unspecified atom stereocenters. The molecule has 0 saturated heterocycles. The van der Waals surface area contributed by atoms with E-state index in [-0.39, 0.29) is 5.56 Å². The predicted molar refractivity (Wildman–Crippen MR) is 80.5 cm³/mol. The third-order valence-electron chi connectivity index (χ3n) is 3.71. The Morgan fingerprint density at radius 1 is 1.30 bits per heavy atom. The van der Waals surface area contributed by atoms with Crippen LogP contribution in [-0.4, -0.2) is 5.91 Å². The summed E-state index contributed by atoms with van der Waals surface area (Å²) in [6, 6.07) is 6.32. The third-order valence-corrected chi connectivity index (χ3v) is 4.92. The van der Waals surface area contributed by atoms with Gasteiger partial charge < -0.3 is 5.32 Å². The second-order valence-electron chi connectivity index (χ2n) is 5.21. The Balaban J connectivity index is 1.88. The minimum absolute atomic E-state index is 0.0859. The molecule has 1 aromatic carbocycles. The van der Waals surface area contributed by atoms with Crippen molar-refractivity contribution in [3.05, 3.63) is 51.4 Å². The van der Waals surface area contributed by atoms with Crippen LogP contribution in [0.15, 0.2) is 24.3 Å². The van der Waals surface area contributed by atoms with Crippen molar-refractivity contribution in [1.82, 2.24) is 0 Å². The van der Waals surface area contributed by atoms with Gasteiger partial charge in [-0.3, -0.25) is 4.79 Å². The normalized spacial score (nSPS) is 13.5. The van der Waals surface area contributed by atoms with E-state index in [1.807, 2.05) is 0 Å². The van der Waals surface area contributed by atoms with Gasteiger partial charge in [0.05, 0.1) is 11.1 Å². The molecule has 0 spiro atoms. The molecule has 7 heteroatoms. The highest BCUT2D eigenvalue weighted by atomic mass is 32.1. The van der Waals surface area contributed by atoms with Gasteiger partial charge in [-0.15, -0.1) is 11.3 Å². The Labute approximate surface area is 134 Å². The molecule has 0 atom stereocenters. The molecule has 23 heavy (non-hydrogen) atoms. The number of rotatable bonds is 2. The minimum atomic E-state index is -4.50. The lowest BCUT2D eigenvalue weighted by molar-refractivity contribution is -0.137. The first-order valence-electron chi connectivity index (χ1n) is 6.93. The summed E-state index contributed by atoms with van der Waals surface area (Å²) in [5, 5.41) is 12.3. The molecule has 1 aromatic heterocycles. The largest absolute Gasteiger partial charge is 0.416 e. The topological polar surface area (TPSA) is 52.9 Å². The SMILES string of the molecule is N#Cc1c(NC(=O)c2cccc(C(F)(F)F)c2)sc2c1CCC2. The fourth-order valence-electron chi connectivity index (χ4n) is 2.62. The number of fused-ring (bicyclic) bond motifs is 1. The maximum Gasteiger partial charge on any atom is 0.416 e. The molecule has 0 bridgehead atoms. The van der Waals surface area contributed by atoms with Gasteiger partial charge in [0.25, 0.3) is 5.91 Å². The van der Waals surface area contributed by atoms with E-state index >= 15 is 0 Å². The van der Waals surface area contributed by atoms with Crippen molar-refractivity contribution in [2.45, 2.75) is 25.4 Å². The Hall–Kier alpha value is -2.33. The number of nitrogens with one attached hydrogen (secondary N) is 1. The van der Waals surface area contributed by atoms with Crippen LogP contribution in [0.1, 0.15) is 38.3 Å². The highest BCUT2D eigenvalue weighted by Crippen LogP contribution is 2.38. The zero-order valence-corrected chi connectivity index (χ0v) is 12.6. The molecule has 1 N–H and O–H groups in total. The van der Waals surface area contributed by atoms with Crippen molar-refractivity contribution in [3.8, 4) is 6.07 Å². The van der Waals surface area contributed by atoms with Crippen LogP contribution < -0.4 is 5.32 Å². The summed E-state index contributed by atoms with van der Waals surface area (Å²) in [4.78, 5) is 13.3. The number of alkyl halides is 3. The molecule has 1 aliphatic rings. The fourth-order valence-corrected chi connectivity index (χ4v) is 3.86. The van der Waals surface area contributed by atoms with Crippen molar-refractivity contribution in [1.29, 1.82) is 5.26 Å². The number of nitrogens with zero attached hydrogens (tertiary/aromatic N) is 1. The molecule has 3 nitrogen and oxygen atoms in total. The molecule has 0 saturated carbocycles. The summed E-state index contributed by atoms with van der Waals surface area (Å²) in [5.41, 5.74) is 0.427. The maximum atomic E-state index is 12.7. The van der Waals surface area contributed by atoms with Gasteiger partial charge in [0, 0.05) is 10.4 Å². The number of nitriles is 1. The average Bonchev–Trinajstić information content (AvgIpc) is 3.06. The Morgan fingerprint density at radius 2 is 2.09 bits per heavy atom. The molecular weight excluding hydrogens is 325 g/mol. The van der Waals surface area contributed by atoms with Crippen molar-refractivity contribution in [2.75, 3.05) is 5.32 Å². The van der Waals surface area contributed by atoms with Crippen LogP contribution in [0.25, 0.3) is 0 Å². The van der Waals surface area contributed by atoms with E-state index in [1.54, 1.807) is 0 Å². The minimum Gasteiger partial charge on any atom is -0.312 e. The molecule has 3 rings (SSSR count). The Kier molecular flexibility index (Phi) is 3.86. The van der Waals surface area contributed by atoms with Crippen molar-refractivity contribution in [2.24, 2.45) is 0 Å². The van der Waals surface area contributed by atoms with E-state index < -0.39 is 17.6 Å². The molecule has 1 aliphatic carbocycles. The molecule has 0 radical (unpaired) electrons. The zero-order chi connectivity index (χ0) is 16.6. The number of benzene rings is 1. The molecular formula is C16H11F3N2OS. The summed E-state index contributed by atoms with van der Waals surface area (Å²) in [5.74, 6) is -0.646. The van der Waals surface area contributed by atoms with E-state index in [4.69, 9.17) is 0 Å². The first-order valence-corrected chi connectivity index (χ1v) is 7.75. The number of carbonyl (C=O) groups is 1. The molecule has 2 aromatic rings. The average molecular weight is 336 g/mol. The maximum absolute atomic E-state index is 12.7. The van der Waals surface area contributed by atoms with Crippen LogP contribution in [0, 0.1) is 11.3 Å². The van der Waals surface area contributed by atoms with Gasteiger partial charge in [-0.1, -0.05) is 6.07 Å². The summed E-state index contributed by atoms with van der Waals surface area (Å²) in [6.45, 7) is 0. The van der Waals surface area contributed by atoms with Gasteiger partial charge in [-0.25, -0.2) is 0 Å². The summed E-state index contributed by atoms with van der Waals surface area (Å²) >= 11 is 1.33. The van der Waals surface area contributed by atoms with Crippen molar-refractivity contribution >= 4 is 22.2 Å². The number of carbonyl (C=O) groups excluding carboxylic acids is 1. The van der Waals surface area contributed by atoms with Gasteiger partial charge in [-0.05, 0) is 43.0 Å². The van der Waals surface area contributed by atoms with Crippen molar-refractivity contribution < 1.29 is 18.0 Å². The predicted octanol–water partition coefficient (Wildman–Crippen LogP) is 4.38. The highest BCUT2D eigenvalue weighted by Gasteiger charge is 2.31. The zero-order valence-electron chi connectivity index (χ0n) is 11.8. The number of hydrogen-bond acceptors (Lipinski definition) is 3. The van der Waals surface area contributed by atoms with E-state index in [0.717, 1.165) is 41.8 Å². The standard InChI is InChI=1S/C16H11F3N2OS/c17-16(18,19)10-4-1-3-9(7-10)14(22)21-15-12(8-20)11-5-2-6-13(11)23-15/h1,3-4,7H,2,5-6H2,(H,21,22). The molecule has 118 valence electrons. The van der Waals surface area contributed by atoms with Gasteiger partial charge in [0.2, 0.25) is 0 Å². The summed E-state index contributed by atoms with van der Waals surface area (Å²) in [7, 11) is 0. The van der Waals surface area contributed by atoms with Gasteiger partial charge in [-0.2, -0.15) is 18.4 Å². The van der Waals surface area contributed by atoms with Crippen LogP contribution in [0.3, 0.4) is 0 Å². The summed E-state index contributed by atoms with van der Waals surface area (Å²) in [6.07, 6.45) is -1.85. The van der Waals surface area contributed by atoms with Crippen LogP contribution in [0.5, 0.6) is 0 Å². The fraction of sp³-hybridized carbons (Fsp3) is 0.250. The van der Waals surface area contributed by atoms with Gasteiger partial charge >= 0.3 is 6.18 Å². The van der Waals surface area contributed by atoms with Crippen LogP contribution in [0.4, 0.5) is 18.2 Å². The van der Waals surface area contributed by atoms with Crippen LogP contribution >= 0.6 is 11.3 Å². The molecule has 0 fully saturated rings. The van der Waals surface area contributed by atoms with Crippen LogP contribution in [0.2, 0.25) is 0 Å². The lowest BCUT2D eigenvalue weighted by atomic mass is 10.1. The second-order valence-corrected chi connectivity index (χ2v) is 6.31. The van der Waals surface area contributed by atoms with E-state index in [0.29, 0.717) is 10.6 Å². The lowest BCUT2D eigenvalue weighted by Gasteiger charge is -2.09. The van der Waals surface area contributed by atoms with Crippen molar-refractivity contribution in [3.63, 3.8) is 0 Å². The molecule has 1 amide bonds. The summed E-state index contributed by atoms with van der Waals surface area (Å²) < 4.78 is 38.1. The number of hydrogen-bond donors (Lipinski definition) is 1. The number of amides is 1. The Bertz CT molecular complexity index is 818. The van der Waals surface area contributed by atoms with Crippen LogP contribution in [-0.2, 0) is 19.0 Å². The van der Waals surface area contributed by atoms with Gasteiger partial charge in [0.1, 0.15) is 11.1 Å². The third kappa shape index (κ3) is 2.94. The molecule has 1 heterocycles.